The van der Waals surface area contributed by atoms with Crippen molar-refractivity contribution in [2.45, 2.75) is 12.5 Å². The largest absolute Gasteiger partial charge is 0.298 e. The first-order chi connectivity index (χ1) is 6.27. The zero-order valence-electron chi connectivity index (χ0n) is 7.60. The third kappa shape index (κ3) is 1.60. The molecule has 1 aromatic rings. The molecule has 0 aliphatic carbocycles. The third-order valence-corrected chi connectivity index (χ3v) is 2.45. The maximum absolute atomic E-state index is 11.2. The fraction of sp³-hybridized carbons (Fsp3) is 0.400. The molecule has 3 heteroatoms. The molecule has 1 aliphatic rings. The normalized spacial score (nSPS) is 23.8. The standard InChI is InChI=1S/C10H12N2O/c1-12-7-9(13)5-10(12)8-3-2-4-11-6-8/h2-4,6,10H,5,7H2,1H3. The Morgan fingerprint density at radius 3 is 3.00 bits per heavy atom. The van der Waals surface area contributed by atoms with Crippen molar-refractivity contribution < 1.29 is 4.79 Å². The topological polar surface area (TPSA) is 33.2 Å². The van der Waals surface area contributed by atoms with Crippen LogP contribution in [0.15, 0.2) is 24.5 Å². The Hall–Kier alpha value is -1.22. The van der Waals surface area contributed by atoms with Crippen molar-refractivity contribution in [2.75, 3.05) is 13.6 Å². The van der Waals surface area contributed by atoms with E-state index in [2.05, 4.69) is 9.88 Å². The van der Waals surface area contributed by atoms with E-state index >= 15 is 0 Å². The molecule has 2 heterocycles. The molecule has 0 radical (unpaired) electrons. The van der Waals surface area contributed by atoms with E-state index in [0.717, 1.165) is 5.56 Å². The van der Waals surface area contributed by atoms with Gasteiger partial charge in [0, 0.05) is 24.9 Å². The molecule has 0 amide bonds. The van der Waals surface area contributed by atoms with Gasteiger partial charge in [0.2, 0.25) is 0 Å². The Kier molecular flexibility index (Phi) is 2.10. The van der Waals surface area contributed by atoms with E-state index in [-0.39, 0.29) is 6.04 Å². The van der Waals surface area contributed by atoms with Crippen LogP contribution < -0.4 is 0 Å². The van der Waals surface area contributed by atoms with Crippen LogP contribution in [0.5, 0.6) is 0 Å². The van der Waals surface area contributed by atoms with Crippen molar-refractivity contribution in [3.05, 3.63) is 30.1 Å². The SMILES string of the molecule is CN1CC(=O)CC1c1cccnc1. The Morgan fingerprint density at radius 2 is 2.46 bits per heavy atom. The average molecular weight is 176 g/mol. The summed E-state index contributed by atoms with van der Waals surface area (Å²) < 4.78 is 0. The van der Waals surface area contributed by atoms with E-state index in [4.69, 9.17) is 0 Å². The number of ketones is 1. The van der Waals surface area contributed by atoms with Gasteiger partial charge in [0.1, 0.15) is 5.78 Å². The van der Waals surface area contributed by atoms with Crippen molar-refractivity contribution in [1.29, 1.82) is 0 Å². The van der Waals surface area contributed by atoms with Crippen LogP contribution in [0.3, 0.4) is 0 Å². The van der Waals surface area contributed by atoms with Crippen LogP contribution in [-0.4, -0.2) is 29.3 Å². The molecule has 0 aromatic carbocycles. The number of hydrogen-bond acceptors (Lipinski definition) is 3. The molecule has 68 valence electrons. The van der Waals surface area contributed by atoms with E-state index in [1.165, 1.54) is 0 Å². The van der Waals surface area contributed by atoms with Gasteiger partial charge in [0.15, 0.2) is 0 Å². The number of carbonyl (C=O) groups is 1. The molecule has 0 N–H and O–H groups in total. The van der Waals surface area contributed by atoms with Crippen LogP contribution in [0, 0.1) is 0 Å². The maximum atomic E-state index is 11.2. The van der Waals surface area contributed by atoms with Gasteiger partial charge in [-0.05, 0) is 18.7 Å². The van der Waals surface area contributed by atoms with Gasteiger partial charge < -0.3 is 0 Å². The van der Waals surface area contributed by atoms with Gasteiger partial charge in [0.05, 0.1) is 6.54 Å². The van der Waals surface area contributed by atoms with Crippen molar-refractivity contribution >= 4 is 5.78 Å². The lowest BCUT2D eigenvalue weighted by atomic mass is 10.1. The molecule has 1 aromatic heterocycles. The Morgan fingerprint density at radius 1 is 1.62 bits per heavy atom. The highest BCUT2D eigenvalue weighted by Gasteiger charge is 2.28. The molecule has 1 unspecified atom stereocenters. The highest BCUT2D eigenvalue weighted by molar-refractivity contribution is 5.83. The van der Waals surface area contributed by atoms with Crippen molar-refractivity contribution in [1.82, 2.24) is 9.88 Å². The number of hydrogen-bond donors (Lipinski definition) is 0. The number of Topliss-reactive ketones (excluding diaryl/α,β-unsaturated/α-hetero) is 1. The number of aromatic nitrogens is 1. The van der Waals surface area contributed by atoms with Gasteiger partial charge >= 0.3 is 0 Å². The number of likely N-dealkylation sites (N-methyl/N-ethyl adjacent to an activating group) is 1. The second kappa shape index (κ2) is 3.26. The fourth-order valence-electron chi connectivity index (χ4n) is 1.77. The second-order valence-electron chi connectivity index (χ2n) is 3.46. The van der Waals surface area contributed by atoms with Gasteiger partial charge in [-0.3, -0.25) is 14.7 Å². The fourth-order valence-corrected chi connectivity index (χ4v) is 1.77. The monoisotopic (exact) mass is 176 g/mol. The predicted octanol–water partition coefficient (Wildman–Crippen LogP) is 1.03. The highest BCUT2D eigenvalue weighted by atomic mass is 16.1. The van der Waals surface area contributed by atoms with Crippen LogP contribution in [0.2, 0.25) is 0 Å². The van der Waals surface area contributed by atoms with Gasteiger partial charge in [-0.15, -0.1) is 0 Å². The van der Waals surface area contributed by atoms with Crippen LogP contribution >= 0.6 is 0 Å². The molecule has 0 bridgehead atoms. The second-order valence-corrected chi connectivity index (χ2v) is 3.46. The summed E-state index contributed by atoms with van der Waals surface area (Å²) in [7, 11) is 1.97. The minimum atomic E-state index is 0.237. The minimum absolute atomic E-state index is 0.237. The van der Waals surface area contributed by atoms with Crippen LogP contribution in [-0.2, 0) is 4.79 Å². The molecule has 13 heavy (non-hydrogen) atoms. The van der Waals surface area contributed by atoms with Crippen molar-refractivity contribution in [3.8, 4) is 0 Å². The maximum Gasteiger partial charge on any atom is 0.148 e. The summed E-state index contributed by atoms with van der Waals surface area (Å²) in [4.78, 5) is 17.3. The lowest BCUT2D eigenvalue weighted by molar-refractivity contribution is -0.116. The summed E-state index contributed by atoms with van der Waals surface area (Å²) in [6.45, 7) is 0.569. The molecule has 2 rings (SSSR count). The van der Waals surface area contributed by atoms with Crippen LogP contribution in [0.25, 0.3) is 0 Å². The number of nitrogens with zero attached hydrogens (tertiary/aromatic N) is 2. The summed E-state index contributed by atoms with van der Waals surface area (Å²) in [6.07, 6.45) is 4.21. The molecule has 1 atom stereocenters. The molecular formula is C10H12N2O. The Bertz CT molecular complexity index is 310. The first-order valence-electron chi connectivity index (χ1n) is 4.39. The third-order valence-electron chi connectivity index (χ3n) is 2.45. The van der Waals surface area contributed by atoms with Crippen LogP contribution in [0.1, 0.15) is 18.0 Å². The molecule has 0 saturated carbocycles. The number of rotatable bonds is 1. The predicted molar refractivity (Wildman–Crippen MR) is 49.2 cm³/mol. The first-order valence-corrected chi connectivity index (χ1v) is 4.39. The Labute approximate surface area is 77.4 Å². The summed E-state index contributed by atoms with van der Waals surface area (Å²) in [5, 5.41) is 0. The molecular weight excluding hydrogens is 164 g/mol. The van der Waals surface area contributed by atoms with E-state index in [9.17, 15) is 4.79 Å². The molecule has 1 fully saturated rings. The van der Waals surface area contributed by atoms with E-state index in [0.29, 0.717) is 18.7 Å². The highest BCUT2D eigenvalue weighted by Crippen LogP contribution is 2.27. The summed E-state index contributed by atoms with van der Waals surface area (Å²) in [6, 6.07) is 4.17. The van der Waals surface area contributed by atoms with Crippen LogP contribution in [0.4, 0.5) is 0 Å². The lowest BCUT2D eigenvalue weighted by Gasteiger charge is -2.17. The molecule has 1 saturated heterocycles. The number of carbonyl (C=O) groups excluding carboxylic acids is 1. The quantitative estimate of drug-likeness (QED) is 0.640. The number of likely N-dealkylation sites (tertiary alicyclic amines) is 1. The zero-order valence-corrected chi connectivity index (χ0v) is 7.60. The minimum Gasteiger partial charge on any atom is -0.298 e. The van der Waals surface area contributed by atoms with Gasteiger partial charge in [0.25, 0.3) is 0 Å². The lowest BCUT2D eigenvalue weighted by Crippen LogP contribution is -2.18. The van der Waals surface area contributed by atoms with Gasteiger partial charge in [-0.2, -0.15) is 0 Å². The van der Waals surface area contributed by atoms with E-state index in [1.54, 1.807) is 6.20 Å². The van der Waals surface area contributed by atoms with E-state index in [1.807, 2.05) is 25.4 Å². The summed E-state index contributed by atoms with van der Waals surface area (Å²) >= 11 is 0. The molecule has 0 spiro atoms. The van der Waals surface area contributed by atoms with E-state index < -0.39 is 0 Å². The van der Waals surface area contributed by atoms with Gasteiger partial charge in [-0.1, -0.05) is 6.07 Å². The zero-order chi connectivity index (χ0) is 9.26. The number of pyridine rings is 1. The summed E-state index contributed by atoms with van der Waals surface area (Å²) in [5.74, 6) is 0.316. The Balaban J connectivity index is 2.23. The molecule has 3 nitrogen and oxygen atoms in total. The summed E-state index contributed by atoms with van der Waals surface area (Å²) in [5.41, 5.74) is 1.14. The van der Waals surface area contributed by atoms with Crippen molar-refractivity contribution in [3.63, 3.8) is 0 Å². The first kappa shape index (κ1) is 8.38. The average Bonchev–Trinajstić information content (AvgIpc) is 2.47. The van der Waals surface area contributed by atoms with Gasteiger partial charge in [-0.25, -0.2) is 0 Å². The smallest absolute Gasteiger partial charge is 0.148 e. The molecule has 1 aliphatic heterocycles. The van der Waals surface area contributed by atoms with Crippen molar-refractivity contribution in [2.24, 2.45) is 0 Å².